The van der Waals surface area contributed by atoms with E-state index >= 15 is 0 Å². The van der Waals surface area contributed by atoms with Crippen LogP contribution in [0.2, 0.25) is 0 Å². The summed E-state index contributed by atoms with van der Waals surface area (Å²) in [6.07, 6.45) is 10.9. The molecule has 1 aromatic heterocycles. The molecule has 1 aromatic carbocycles. The predicted molar refractivity (Wildman–Crippen MR) is 164 cm³/mol. The summed E-state index contributed by atoms with van der Waals surface area (Å²) in [6.45, 7) is 3.86. The number of carbonyl (C=O) groups excluding carboxylic acids is 1. The molecule has 1 aliphatic carbocycles. The van der Waals surface area contributed by atoms with Gasteiger partial charge in [0.15, 0.2) is 17.3 Å². The first kappa shape index (κ1) is 30.7. The molecule has 0 radical (unpaired) electrons. The van der Waals surface area contributed by atoms with Gasteiger partial charge in [-0.25, -0.2) is 22.7 Å². The van der Waals surface area contributed by atoms with Gasteiger partial charge in [-0.15, -0.1) is 0 Å². The Morgan fingerprint density at radius 3 is 2.40 bits per heavy atom. The van der Waals surface area contributed by atoms with E-state index in [1.807, 2.05) is 4.90 Å². The molecule has 1 saturated carbocycles. The predicted octanol–water partition coefficient (Wildman–Crippen LogP) is 3.83. The number of nitrogens with zero attached hydrogens (tertiary/aromatic N) is 5. The normalized spacial score (nSPS) is 23.2. The Morgan fingerprint density at radius 2 is 1.74 bits per heavy atom. The molecule has 3 aliphatic rings. The lowest BCUT2D eigenvalue weighted by Crippen LogP contribution is -2.52. The van der Waals surface area contributed by atoms with E-state index in [0.29, 0.717) is 48.2 Å². The first-order valence-electron chi connectivity index (χ1n) is 15.4. The largest absolute Gasteiger partial charge is 0.491 e. The number of nitrogens with one attached hydrogen (secondary N) is 1. The molecule has 2 atom stereocenters. The average molecular weight is 599 g/mol. The van der Waals surface area contributed by atoms with Gasteiger partial charge in [-0.05, 0) is 75.4 Å². The van der Waals surface area contributed by atoms with E-state index in [1.165, 1.54) is 41.7 Å². The molecule has 10 nitrogen and oxygen atoms in total. The fourth-order valence-corrected chi connectivity index (χ4v) is 7.81. The Balaban J connectivity index is 1.14. The van der Waals surface area contributed by atoms with Crippen LogP contribution in [0.3, 0.4) is 0 Å². The zero-order chi connectivity index (χ0) is 29.7. The van der Waals surface area contributed by atoms with Crippen molar-refractivity contribution in [3.63, 3.8) is 0 Å². The highest BCUT2D eigenvalue weighted by atomic mass is 32.2. The fourth-order valence-electron chi connectivity index (χ4n) is 7.06. The number of sulfonamides is 1. The maximum Gasteiger partial charge on any atom is 0.276 e. The van der Waals surface area contributed by atoms with Crippen molar-refractivity contribution < 1.29 is 17.9 Å². The van der Waals surface area contributed by atoms with Crippen molar-refractivity contribution >= 4 is 21.7 Å². The second-order valence-electron chi connectivity index (χ2n) is 12.2. The van der Waals surface area contributed by atoms with Crippen LogP contribution in [0.4, 0.5) is 5.82 Å². The van der Waals surface area contributed by atoms with Crippen molar-refractivity contribution in [1.29, 1.82) is 0 Å². The Morgan fingerprint density at radius 1 is 1.02 bits per heavy atom. The third-order valence-corrected chi connectivity index (χ3v) is 11.0. The fraction of sp³-hybridized carbons (Fsp3) is 0.645. The third kappa shape index (κ3) is 7.23. The van der Waals surface area contributed by atoms with Gasteiger partial charge in [0.25, 0.3) is 5.91 Å². The number of likely N-dealkylation sites (tertiary alicyclic amines) is 2. The molecule has 2 unspecified atom stereocenters. The standard InChI is InChI=1S/C31H46N6O4S/c1-35(42(3,39)40)26-12-16-36(17-13-26)27-14-18-37(19-15-27)31(38)28-29(41-2)30(34-22-33-28)32-21-23-8-7-11-25(20-23)24-9-5-4-6-10-24/h4-6,9-10,22-23,25-27H,7-8,11-21H2,1-3H3,(H,32,33,34). The Hall–Kier alpha value is -2.76. The van der Waals surface area contributed by atoms with Crippen molar-refractivity contribution in [2.75, 3.05) is 58.5 Å². The van der Waals surface area contributed by atoms with Crippen LogP contribution in [0, 0.1) is 5.92 Å². The molecule has 0 bridgehead atoms. The molecule has 0 spiro atoms. The number of anilines is 1. The zero-order valence-electron chi connectivity index (χ0n) is 25.2. The van der Waals surface area contributed by atoms with Gasteiger partial charge in [-0.3, -0.25) is 4.79 Å². The van der Waals surface area contributed by atoms with E-state index in [-0.39, 0.29) is 11.9 Å². The smallest absolute Gasteiger partial charge is 0.276 e. The van der Waals surface area contributed by atoms with E-state index in [2.05, 4.69) is 50.5 Å². The van der Waals surface area contributed by atoms with Crippen LogP contribution in [0.15, 0.2) is 36.7 Å². The quantitative estimate of drug-likeness (QED) is 0.464. The molecule has 1 amide bonds. The molecule has 42 heavy (non-hydrogen) atoms. The average Bonchev–Trinajstić information content (AvgIpc) is 3.03. The summed E-state index contributed by atoms with van der Waals surface area (Å²) in [6, 6.07) is 11.2. The minimum absolute atomic E-state index is 0.0642. The number of piperidine rings is 2. The molecule has 2 aromatic rings. The molecule has 3 heterocycles. The summed E-state index contributed by atoms with van der Waals surface area (Å²) < 4.78 is 31.1. The van der Waals surface area contributed by atoms with Crippen molar-refractivity contribution in [1.82, 2.24) is 24.1 Å². The maximum absolute atomic E-state index is 13.6. The van der Waals surface area contributed by atoms with Crippen LogP contribution >= 0.6 is 0 Å². The highest BCUT2D eigenvalue weighted by Crippen LogP contribution is 2.37. The monoisotopic (exact) mass is 598 g/mol. The lowest BCUT2D eigenvalue weighted by molar-refractivity contribution is 0.0540. The molecule has 230 valence electrons. The van der Waals surface area contributed by atoms with E-state index in [0.717, 1.165) is 51.7 Å². The lowest BCUT2D eigenvalue weighted by Gasteiger charge is -2.43. The molecule has 3 fully saturated rings. The summed E-state index contributed by atoms with van der Waals surface area (Å²) in [4.78, 5) is 26.7. The summed E-state index contributed by atoms with van der Waals surface area (Å²) in [7, 11) is 0.0792. The first-order valence-corrected chi connectivity index (χ1v) is 17.2. The number of amides is 1. The molecular formula is C31H46N6O4S. The molecular weight excluding hydrogens is 552 g/mol. The molecule has 2 saturated heterocycles. The number of ether oxygens (including phenoxy) is 1. The zero-order valence-corrected chi connectivity index (χ0v) is 26.1. The Bertz CT molecular complexity index is 1290. The van der Waals surface area contributed by atoms with Crippen LogP contribution in [-0.2, 0) is 10.0 Å². The Labute approximate surface area is 250 Å². The number of hydrogen-bond donors (Lipinski definition) is 1. The summed E-state index contributed by atoms with van der Waals surface area (Å²) in [5.41, 5.74) is 1.73. The molecule has 5 rings (SSSR count). The van der Waals surface area contributed by atoms with Gasteiger partial charge in [-0.2, -0.15) is 0 Å². The van der Waals surface area contributed by atoms with Crippen molar-refractivity contribution in [3.05, 3.63) is 47.9 Å². The van der Waals surface area contributed by atoms with Gasteiger partial charge in [0.2, 0.25) is 10.0 Å². The summed E-state index contributed by atoms with van der Waals surface area (Å²) in [5, 5.41) is 3.48. The van der Waals surface area contributed by atoms with Crippen LogP contribution in [0.25, 0.3) is 0 Å². The number of carbonyl (C=O) groups is 1. The highest BCUT2D eigenvalue weighted by molar-refractivity contribution is 7.88. The van der Waals surface area contributed by atoms with Crippen molar-refractivity contribution in [3.8, 4) is 5.75 Å². The highest BCUT2D eigenvalue weighted by Gasteiger charge is 2.34. The molecule has 2 aliphatic heterocycles. The van der Waals surface area contributed by atoms with Crippen molar-refractivity contribution in [2.45, 2.75) is 69.4 Å². The van der Waals surface area contributed by atoms with Crippen LogP contribution in [-0.4, -0.2) is 104 Å². The second-order valence-corrected chi connectivity index (χ2v) is 14.2. The summed E-state index contributed by atoms with van der Waals surface area (Å²) in [5.74, 6) is 1.98. The number of methoxy groups -OCH3 is 1. The van der Waals surface area contributed by atoms with Gasteiger partial charge >= 0.3 is 0 Å². The SMILES string of the molecule is COc1c(NCC2CCCC(c3ccccc3)C2)ncnc1C(=O)N1CCC(N2CCC(N(C)S(C)(=O)=O)CC2)CC1. The topological polar surface area (TPSA) is 108 Å². The van der Waals surface area contributed by atoms with Gasteiger partial charge < -0.3 is 19.9 Å². The number of benzene rings is 1. The summed E-state index contributed by atoms with van der Waals surface area (Å²) >= 11 is 0. The maximum atomic E-state index is 13.6. The second kappa shape index (κ2) is 13.7. The van der Waals surface area contributed by atoms with Crippen LogP contribution < -0.4 is 10.1 Å². The van der Waals surface area contributed by atoms with E-state index in [4.69, 9.17) is 4.74 Å². The van der Waals surface area contributed by atoms with Gasteiger partial charge in [0.1, 0.15) is 6.33 Å². The van der Waals surface area contributed by atoms with E-state index < -0.39 is 10.0 Å². The van der Waals surface area contributed by atoms with E-state index in [1.54, 1.807) is 14.2 Å². The minimum Gasteiger partial charge on any atom is -0.491 e. The lowest BCUT2D eigenvalue weighted by atomic mass is 9.78. The number of hydrogen-bond acceptors (Lipinski definition) is 8. The third-order valence-electron chi connectivity index (χ3n) is 9.63. The van der Waals surface area contributed by atoms with Gasteiger partial charge in [-0.1, -0.05) is 36.8 Å². The minimum atomic E-state index is -3.17. The molecule has 1 N–H and O–H groups in total. The number of aromatic nitrogens is 2. The number of rotatable bonds is 9. The van der Waals surface area contributed by atoms with Gasteiger partial charge in [0, 0.05) is 38.8 Å². The van der Waals surface area contributed by atoms with Crippen LogP contribution in [0.5, 0.6) is 5.75 Å². The first-order chi connectivity index (χ1) is 20.2. The molecule has 11 heteroatoms. The Kier molecular flexibility index (Phi) is 10.0. The van der Waals surface area contributed by atoms with Gasteiger partial charge in [0.05, 0.1) is 13.4 Å². The van der Waals surface area contributed by atoms with E-state index in [9.17, 15) is 13.2 Å². The van der Waals surface area contributed by atoms with Crippen molar-refractivity contribution in [2.24, 2.45) is 5.92 Å². The van der Waals surface area contributed by atoms with Crippen LogP contribution in [0.1, 0.15) is 73.3 Å².